The van der Waals surface area contributed by atoms with Crippen molar-refractivity contribution in [2.24, 2.45) is 0 Å². The Balaban J connectivity index is 3.02. The van der Waals surface area contributed by atoms with Gasteiger partial charge in [-0.1, -0.05) is 6.08 Å². The second kappa shape index (κ2) is 5.01. The van der Waals surface area contributed by atoms with Crippen molar-refractivity contribution in [2.75, 3.05) is 6.54 Å². The van der Waals surface area contributed by atoms with Crippen LogP contribution in [0, 0.1) is 13.8 Å². The lowest BCUT2D eigenvalue weighted by Gasteiger charge is -2.13. The van der Waals surface area contributed by atoms with Gasteiger partial charge in [0.2, 0.25) is 0 Å². The molecule has 1 aromatic heterocycles. The minimum atomic E-state index is -0.0279. The second-order valence-corrected chi connectivity index (χ2v) is 4.25. The number of aryl methyl sites for hydroxylation is 1. The predicted octanol–water partition coefficient (Wildman–Crippen LogP) is 2.60. The highest BCUT2D eigenvalue weighted by Gasteiger charge is 2.16. The number of hydrogen-bond donors (Lipinski definition) is 1. The molecule has 3 nitrogen and oxygen atoms in total. The number of hydrogen-bond acceptors (Lipinski definition) is 1. The fourth-order valence-electron chi connectivity index (χ4n) is 2.06. The Hall–Kier alpha value is -1.51. The summed E-state index contributed by atoms with van der Waals surface area (Å²) in [5, 5.41) is 2.80. The SMILES string of the molecule is C=CCNC(=O)c1cc(C)n(C(C)C)c1C. The molecule has 88 valence electrons. The Morgan fingerprint density at radius 3 is 2.62 bits per heavy atom. The van der Waals surface area contributed by atoms with Crippen LogP contribution in [0.5, 0.6) is 0 Å². The first-order valence-electron chi connectivity index (χ1n) is 5.56. The minimum absolute atomic E-state index is 0.0279. The number of nitrogens with zero attached hydrogens (tertiary/aromatic N) is 1. The van der Waals surface area contributed by atoms with Crippen LogP contribution in [0.15, 0.2) is 18.7 Å². The Morgan fingerprint density at radius 1 is 1.56 bits per heavy atom. The van der Waals surface area contributed by atoms with E-state index >= 15 is 0 Å². The van der Waals surface area contributed by atoms with Crippen LogP contribution in [0.1, 0.15) is 41.6 Å². The zero-order chi connectivity index (χ0) is 12.3. The van der Waals surface area contributed by atoms with Crippen molar-refractivity contribution >= 4 is 5.91 Å². The Bertz CT molecular complexity index is 402. The lowest BCUT2D eigenvalue weighted by atomic mass is 10.2. The van der Waals surface area contributed by atoms with Gasteiger partial charge in [-0.3, -0.25) is 4.79 Å². The van der Waals surface area contributed by atoms with Gasteiger partial charge < -0.3 is 9.88 Å². The molecule has 0 aromatic carbocycles. The zero-order valence-electron chi connectivity index (χ0n) is 10.5. The number of carbonyl (C=O) groups excluding carboxylic acids is 1. The van der Waals surface area contributed by atoms with Gasteiger partial charge >= 0.3 is 0 Å². The number of aromatic nitrogens is 1. The maximum atomic E-state index is 11.8. The molecule has 1 aromatic rings. The Kier molecular flexibility index (Phi) is 3.93. The third kappa shape index (κ3) is 2.35. The van der Waals surface area contributed by atoms with Gasteiger partial charge in [0, 0.05) is 24.0 Å². The van der Waals surface area contributed by atoms with Gasteiger partial charge in [-0.15, -0.1) is 6.58 Å². The molecular formula is C13H20N2O. The molecule has 1 N–H and O–H groups in total. The fourth-order valence-corrected chi connectivity index (χ4v) is 2.06. The molecule has 0 aliphatic carbocycles. The standard InChI is InChI=1S/C13H20N2O/c1-6-7-14-13(16)12-8-10(4)15(9(2)3)11(12)5/h6,8-9H,1,7H2,2-5H3,(H,14,16). The van der Waals surface area contributed by atoms with Crippen LogP contribution >= 0.6 is 0 Å². The van der Waals surface area contributed by atoms with Gasteiger partial charge in [0.05, 0.1) is 5.56 Å². The molecule has 0 spiro atoms. The van der Waals surface area contributed by atoms with Crippen molar-refractivity contribution in [1.29, 1.82) is 0 Å². The molecule has 0 saturated carbocycles. The van der Waals surface area contributed by atoms with Crippen LogP contribution in [0.25, 0.3) is 0 Å². The number of rotatable bonds is 4. The lowest BCUT2D eigenvalue weighted by Crippen LogP contribution is -2.23. The normalized spacial score (nSPS) is 10.6. The Morgan fingerprint density at radius 2 is 2.19 bits per heavy atom. The first-order chi connectivity index (χ1) is 7.49. The van der Waals surface area contributed by atoms with Crippen LogP contribution in [-0.2, 0) is 0 Å². The van der Waals surface area contributed by atoms with E-state index in [2.05, 4.69) is 30.3 Å². The molecule has 0 aliphatic rings. The quantitative estimate of drug-likeness (QED) is 0.777. The van der Waals surface area contributed by atoms with Crippen molar-refractivity contribution in [3.05, 3.63) is 35.7 Å². The highest BCUT2D eigenvalue weighted by molar-refractivity contribution is 5.95. The van der Waals surface area contributed by atoms with Crippen LogP contribution < -0.4 is 5.32 Å². The van der Waals surface area contributed by atoms with Gasteiger partial charge in [0.15, 0.2) is 0 Å². The summed E-state index contributed by atoms with van der Waals surface area (Å²) in [5.74, 6) is -0.0279. The van der Waals surface area contributed by atoms with Crippen molar-refractivity contribution < 1.29 is 4.79 Å². The van der Waals surface area contributed by atoms with Gasteiger partial charge in [-0.25, -0.2) is 0 Å². The molecule has 0 unspecified atom stereocenters. The van der Waals surface area contributed by atoms with Crippen LogP contribution in [0.3, 0.4) is 0 Å². The zero-order valence-corrected chi connectivity index (χ0v) is 10.5. The first-order valence-corrected chi connectivity index (χ1v) is 5.56. The fraction of sp³-hybridized carbons (Fsp3) is 0.462. The van der Waals surface area contributed by atoms with Crippen molar-refractivity contribution in [3.63, 3.8) is 0 Å². The van der Waals surface area contributed by atoms with E-state index in [4.69, 9.17) is 0 Å². The number of carbonyl (C=O) groups is 1. The Labute approximate surface area is 97.2 Å². The summed E-state index contributed by atoms with van der Waals surface area (Å²) in [5.41, 5.74) is 2.90. The maximum Gasteiger partial charge on any atom is 0.253 e. The van der Waals surface area contributed by atoms with Gasteiger partial charge in [-0.2, -0.15) is 0 Å². The second-order valence-electron chi connectivity index (χ2n) is 4.25. The molecule has 0 fully saturated rings. The average Bonchev–Trinajstić information content (AvgIpc) is 2.50. The van der Waals surface area contributed by atoms with E-state index < -0.39 is 0 Å². The van der Waals surface area contributed by atoms with Gasteiger partial charge in [0.1, 0.15) is 0 Å². The molecule has 16 heavy (non-hydrogen) atoms. The highest BCUT2D eigenvalue weighted by Crippen LogP contribution is 2.19. The molecule has 0 bridgehead atoms. The largest absolute Gasteiger partial charge is 0.349 e. The molecular weight excluding hydrogens is 200 g/mol. The van der Waals surface area contributed by atoms with Crippen LogP contribution in [0.2, 0.25) is 0 Å². The van der Waals surface area contributed by atoms with E-state index in [1.807, 2.05) is 19.9 Å². The molecule has 1 amide bonds. The van der Waals surface area contributed by atoms with Crippen LogP contribution in [-0.4, -0.2) is 17.0 Å². The van der Waals surface area contributed by atoms with E-state index in [0.29, 0.717) is 12.6 Å². The third-order valence-corrected chi connectivity index (χ3v) is 2.65. The summed E-state index contributed by atoms with van der Waals surface area (Å²) < 4.78 is 2.17. The molecule has 1 rings (SSSR count). The molecule has 0 atom stereocenters. The molecule has 0 radical (unpaired) electrons. The summed E-state index contributed by atoms with van der Waals surface area (Å²) in [4.78, 5) is 11.8. The number of nitrogens with one attached hydrogen (secondary N) is 1. The first kappa shape index (κ1) is 12.6. The summed E-state index contributed by atoms with van der Waals surface area (Å²) in [6.07, 6.45) is 1.68. The van der Waals surface area contributed by atoms with Crippen molar-refractivity contribution in [2.45, 2.75) is 33.7 Å². The summed E-state index contributed by atoms with van der Waals surface area (Å²) in [6.45, 7) is 12.3. The molecule has 1 heterocycles. The van der Waals surface area contributed by atoms with Crippen molar-refractivity contribution in [1.82, 2.24) is 9.88 Å². The maximum absolute atomic E-state index is 11.8. The van der Waals surface area contributed by atoms with E-state index in [1.54, 1.807) is 6.08 Å². The third-order valence-electron chi connectivity index (χ3n) is 2.65. The molecule has 0 aliphatic heterocycles. The van der Waals surface area contributed by atoms with E-state index in [0.717, 1.165) is 17.0 Å². The van der Waals surface area contributed by atoms with Crippen LogP contribution in [0.4, 0.5) is 0 Å². The minimum Gasteiger partial charge on any atom is -0.349 e. The number of amides is 1. The smallest absolute Gasteiger partial charge is 0.253 e. The molecule has 0 saturated heterocycles. The van der Waals surface area contributed by atoms with Gasteiger partial charge in [-0.05, 0) is 33.8 Å². The van der Waals surface area contributed by atoms with Gasteiger partial charge in [0.25, 0.3) is 5.91 Å². The summed E-state index contributed by atoms with van der Waals surface area (Å²) in [6, 6.07) is 2.31. The van der Waals surface area contributed by atoms with E-state index in [1.165, 1.54) is 0 Å². The monoisotopic (exact) mass is 220 g/mol. The van der Waals surface area contributed by atoms with Crippen molar-refractivity contribution in [3.8, 4) is 0 Å². The lowest BCUT2D eigenvalue weighted by molar-refractivity contribution is 0.0957. The molecule has 3 heteroatoms. The topological polar surface area (TPSA) is 34.0 Å². The summed E-state index contributed by atoms with van der Waals surface area (Å²) in [7, 11) is 0. The predicted molar refractivity (Wildman–Crippen MR) is 66.8 cm³/mol. The van der Waals surface area contributed by atoms with E-state index in [-0.39, 0.29) is 5.91 Å². The van der Waals surface area contributed by atoms with E-state index in [9.17, 15) is 4.79 Å². The highest BCUT2D eigenvalue weighted by atomic mass is 16.1. The summed E-state index contributed by atoms with van der Waals surface area (Å²) >= 11 is 0. The average molecular weight is 220 g/mol.